The minimum absolute atomic E-state index is 0.343. The van der Waals surface area contributed by atoms with E-state index in [1.165, 1.54) is 22.5 Å². The minimum atomic E-state index is -0.343. The van der Waals surface area contributed by atoms with Crippen LogP contribution in [0.15, 0.2) is 16.5 Å². The molecule has 0 unspecified atom stereocenters. The molecule has 1 aromatic rings. The number of hydrogen-bond acceptors (Lipinski definition) is 3. The molecule has 0 N–H and O–H groups in total. The molecule has 0 aliphatic carbocycles. The molecule has 0 amide bonds. The topological polar surface area (TPSA) is 31.6 Å². The zero-order chi connectivity index (χ0) is 9.68. The molecule has 0 fully saturated rings. The molecular formula is C9H13O3Sn+. The molecule has 0 spiro atoms. The summed E-state index contributed by atoms with van der Waals surface area (Å²) in [5, 5.41) is 0. The number of furan rings is 1. The van der Waals surface area contributed by atoms with Gasteiger partial charge in [-0.1, -0.05) is 0 Å². The molecule has 0 aliphatic rings. The molecule has 0 saturated carbocycles. The molecule has 0 aromatic carbocycles. The Morgan fingerprint density at radius 3 is 2.31 bits per heavy atom. The van der Waals surface area contributed by atoms with Gasteiger partial charge >= 0.3 is 91.4 Å². The van der Waals surface area contributed by atoms with Gasteiger partial charge in [-0.25, -0.2) is 0 Å². The van der Waals surface area contributed by atoms with E-state index in [0.717, 1.165) is 9.54 Å². The summed E-state index contributed by atoms with van der Waals surface area (Å²) in [5.41, 5.74) is 0. The molecule has 0 saturated heterocycles. The van der Waals surface area contributed by atoms with Crippen LogP contribution in [0, 0.1) is 0 Å². The van der Waals surface area contributed by atoms with Crippen molar-refractivity contribution in [2.75, 3.05) is 13.2 Å². The van der Waals surface area contributed by atoms with Crippen LogP contribution in [0.4, 0.5) is 0 Å². The molecule has 3 nitrogen and oxygen atoms in total. The Morgan fingerprint density at radius 1 is 1.31 bits per heavy atom. The van der Waals surface area contributed by atoms with Crippen molar-refractivity contribution < 1.29 is 13.9 Å². The Kier molecular flexibility index (Phi) is 4.83. The van der Waals surface area contributed by atoms with Crippen molar-refractivity contribution in [1.82, 2.24) is 0 Å². The molecule has 2 radical (unpaired) electrons. The van der Waals surface area contributed by atoms with Gasteiger partial charge < -0.3 is 0 Å². The summed E-state index contributed by atoms with van der Waals surface area (Å²) >= 11 is 1.27. The zero-order valence-electron chi connectivity index (χ0n) is 7.87. The molecule has 0 aliphatic heterocycles. The third-order valence-corrected chi connectivity index (χ3v) is 2.26. The van der Waals surface area contributed by atoms with Crippen LogP contribution in [-0.4, -0.2) is 35.7 Å². The van der Waals surface area contributed by atoms with Crippen LogP contribution in [0.2, 0.25) is 0 Å². The van der Waals surface area contributed by atoms with Crippen molar-refractivity contribution in [2.45, 2.75) is 20.1 Å². The van der Waals surface area contributed by atoms with Crippen LogP contribution in [-0.2, 0) is 9.47 Å². The average molecular weight is 288 g/mol. The molecule has 70 valence electrons. The molecule has 13 heavy (non-hydrogen) atoms. The number of ether oxygens (including phenoxy) is 2. The van der Waals surface area contributed by atoms with E-state index >= 15 is 0 Å². The van der Waals surface area contributed by atoms with Crippen molar-refractivity contribution in [3.63, 3.8) is 0 Å². The first-order valence-corrected chi connectivity index (χ1v) is 5.75. The third kappa shape index (κ3) is 3.32. The van der Waals surface area contributed by atoms with Gasteiger partial charge in [-0.2, -0.15) is 0 Å². The Hall–Kier alpha value is -0.00130. The third-order valence-electron chi connectivity index (χ3n) is 1.50. The first-order valence-electron chi connectivity index (χ1n) is 4.32. The van der Waals surface area contributed by atoms with Crippen molar-refractivity contribution in [1.29, 1.82) is 0 Å². The second-order valence-electron chi connectivity index (χ2n) is 2.44. The summed E-state index contributed by atoms with van der Waals surface area (Å²) in [7, 11) is 0. The van der Waals surface area contributed by atoms with E-state index in [-0.39, 0.29) is 6.29 Å². The average Bonchev–Trinajstić information content (AvgIpc) is 2.51. The molecule has 0 bridgehead atoms. The van der Waals surface area contributed by atoms with Crippen molar-refractivity contribution in [3.05, 3.63) is 17.9 Å². The van der Waals surface area contributed by atoms with Crippen LogP contribution in [0.5, 0.6) is 0 Å². The summed E-state index contributed by atoms with van der Waals surface area (Å²) < 4.78 is 17.2. The van der Waals surface area contributed by atoms with Gasteiger partial charge in [-0.15, -0.1) is 0 Å². The summed E-state index contributed by atoms with van der Waals surface area (Å²) in [4.78, 5) is 0. The Bertz CT molecular complexity index is 241. The van der Waals surface area contributed by atoms with Crippen LogP contribution in [0.3, 0.4) is 0 Å². The summed E-state index contributed by atoms with van der Waals surface area (Å²) in [5.74, 6) is 0.760. The first kappa shape index (κ1) is 11.1. The van der Waals surface area contributed by atoms with Crippen LogP contribution in [0.1, 0.15) is 25.9 Å². The predicted molar refractivity (Wildman–Crippen MR) is 50.1 cm³/mol. The van der Waals surface area contributed by atoms with Gasteiger partial charge in [-0.05, 0) is 0 Å². The molecular weight excluding hydrogens is 275 g/mol. The SMILES string of the molecule is CCOC(OCC)c1cc[c]([Sn+])o1. The van der Waals surface area contributed by atoms with Crippen LogP contribution < -0.4 is 3.78 Å². The van der Waals surface area contributed by atoms with E-state index in [9.17, 15) is 0 Å². The monoisotopic (exact) mass is 289 g/mol. The van der Waals surface area contributed by atoms with Gasteiger partial charge in [0, 0.05) is 0 Å². The fraction of sp³-hybridized carbons (Fsp3) is 0.556. The first-order chi connectivity index (χ1) is 6.27. The van der Waals surface area contributed by atoms with E-state index < -0.39 is 0 Å². The fourth-order valence-electron chi connectivity index (χ4n) is 0.995. The molecule has 0 atom stereocenters. The van der Waals surface area contributed by atoms with Gasteiger partial charge in [0.05, 0.1) is 0 Å². The standard InChI is InChI=1S/C9H13O3.Sn/c1-3-10-9(11-4-2)8-6-5-7-12-8;/h5-6,9H,3-4H2,1-2H3;/q;+1. The summed E-state index contributed by atoms with van der Waals surface area (Å²) in [6, 6.07) is 3.85. The van der Waals surface area contributed by atoms with Gasteiger partial charge in [0.15, 0.2) is 0 Å². The Labute approximate surface area is 91.5 Å². The van der Waals surface area contributed by atoms with E-state index in [0.29, 0.717) is 13.2 Å². The quantitative estimate of drug-likeness (QED) is 0.601. The molecule has 1 rings (SSSR count). The van der Waals surface area contributed by atoms with Crippen molar-refractivity contribution in [3.8, 4) is 0 Å². The summed E-state index contributed by atoms with van der Waals surface area (Å²) in [6.45, 7) is 5.12. The fourth-order valence-corrected chi connectivity index (χ4v) is 1.57. The van der Waals surface area contributed by atoms with Crippen molar-refractivity contribution in [2.24, 2.45) is 0 Å². The number of hydrogen-bond donors (Lipinski definition) is 0. The number of rotatable bonds is 5. The van der Waals surface area contributed by atoms with Gasteiger partial charge in [-0.3, -0.25) is 0 Å². The second kappa shape index (κ2) is 5.67. The second-order valence-corrected chi connectivity index (χ2v) is 3.85. The Morgan fingerprint density at radius 2 is 1.92 bits per heavy atom. The maximum absolute atomic E-state index is 5.44. The van der Waals surface area contributed by atoms with Gasteiger partial charge in [0.2, 0.25) is 0 Å². The van der Waals surface area contributed by atoms with E-state index in [1.54, 1.807) is 0 Å². The molecule has 1 heterocycles. The van der Waals surface area contributed by atoms with Gasteiger partial charge in [0.25, 0.3) is 0 Å². The Balaban J connectivity index is 2.63. The van der Waals surface area contributed by atoms with Crippen molar-refractivity contribution >= 4 is 26.3 Å². The van der Waals surface area contributed by atoms with E-state index in [4.69, 9.17) is 13.9 Å². The van der Waals surface area contributed by atoms with E-state index in [1.807, 2.05) is 26.0 Å². The van der Waals surface area contributed by atoms with Gasteiger partial charge in [0.1, 0.15) is 0 Å². The normalized spacial score (nSPS) is 11.0. The molecule has 1 aromatic heterocycles. The predicted octanol–water partition coefficient (Wildman–Crippen LogP) is 1.15. The van der Waals surface area contributed by atoms with Crippen LogP contribution >= 0.6 is 0 Å². The summed E-state index contributed by atoms with van der Waals surface area (Å²) in [6.07, 6.45) is -0.343. The zero-order valence-corrected chi connectivity index (χ0v) is 10.7. The molecule has 4 heteroatoms. The van der Waals surface area contributed by atoms with Crippen LogP contribution in [0.25, 0.3) is 0 Å². The maximum atomic E-state index is 5.44. The van der Waals surface area contributed by atoms with E-state index in [2.05, 4.69) is 0 Å².